The van der Waals surface area contributed by atoms with Crippen LogP contribution in [0, 0.1) is 12.7 Å². The molecule has 1 N–H and O–H groups in total. The molecule has 0 unspecified atom stereocenters. The Balaban J connectivity index is 2.10. The van der Waals surface area contributed by atoms with E-state index in [0.29, 0.717) is 5.52 Å². The van der Waals surface area contributed by atoms with Crippen LogP contribution in [0.5, 0.6) is 0 Å². The van der Waals surface area contributed by atoms with Crippen LogP contribution < -0.4 is 4.72 Å². The molecule has 0 aliphatic heterocycles. The van der Waals surface area contributed by atoms with Crippen molar-refractivity contribution in [2.45, 2.75) is 11.8 Å². The first-order valence-corrected chi connectivity index (χ1v) is 8.56. The molecule has 4 nitrogen and oxygen atoms in total. The van der Waals surface area contributed by atoms with Crippen molar-refractivity contribution in [3.05, 3.63) is 65.1 Å². The van der Waals surface area contributed by atoms with Gasteiger partial charge in [-0.05, 0) is 42.8 Å². The number of halogens is 2. The van der Waals surface area contributed by atoms with Gasteiger partial charge in [0, 0.05) is 11.6 Å². The number of aromatic nitrogens is 1. The van der Waals surface area contributed by atoms with E-state index in [-0.39, 0.29) is 15.6 Å². The quantitative estimate of drug-likeness (QED) is 0.772. The first-order valence-electron chi connectivity index (χ1n) is 6.70. The highest BCUT2D eigenvalue weighted by Crippen LogP contribution is 2.28. The first-order chi connectivity index (χ1) is 10.9. The van der Waals surface area contributed by atoms with Crippen LogP contribution in [-0.2, 0) is 10.0 Å². The van der Waals surface area contributed by atoms with Crippen LogP contribution in [0.1, 0.15) is 5.56 Å². The van der Waals surface area contributed by atoms with Crippen molar-refractivity contribution in [3.63, 3.8) is 0 Å². The Morgan fingerprint density at radius 1 is 1.17 bits per heavy atom. The van der Waals surface area contributed by atoms with Crippen molar-refractivity contribution in [2.75, 3.05) is 4.72 Å². The number of sulfonamides is 1. The summed E-state index contributed by atoms with van der Waals surface area (Å²) in [6.07, 6.45) is 1.60. The van der Waals surface area contributed by atoms with Gasteiger partial charge in [-0.25, -0.2) is 12.8 Å². The van der Waals surface area contributed by atoms with Crippen molar-refractivity contribution in [1.29, 1.82) is 0 Å². The van der Waals surface area contributed by atoms with E-state index in [9.17, 15) is 12.8 Å². The molecular formula is C16H12ClFN2O2S. The molecule has 0 saturated carbocycles. The molecule has 7 heteroatoms. The van der Waals surface area contributed by atoms with E-state index in [2.05, 4.69) is 9.71 Å². The van der Waals surface area contributed by atoms with Crippen LogP contribution in [0.2, 0.25) is 5.02 Å². The summed E-state index contributed by atoms with van der Waals surface area (Å²) in [5, 5.41) is 0.704. The zero-order valence-electron chi connectivity index (χ0n) is 12.0. The van der Waals surface area contributed by atoms with Crippen LogP contribution in [0.4, 0.5) is 10.1 Å². The highest BCUT2D eigenvalue weighted by molar-refractivity contribution is 7.93. The summed E-state index contributed by atoms with van der Waals surface area (Å²) in [6.45, 7) is 1.88. The number of para-hydroxylation sites is 1. The zero-order valence-corrected chi connectivity index (χ0v) is 13.6. The van der Waals surface area contributed by atoms with Gasteiger partial charge < -0.3 is 0 Å². The Bertz CT molecular complexity index is 1010. The molecule has 3 aromatic rings. The zero-order chi connectivity index (χ0) is 16.6. The lowest BCUT2D eigenvalue weighted by atomic mass is 10.2. The molecule has 1 aromatic heterocycles. The summed E-state index contributed by atoms with van der Waals surface area (Å²) in [4.78, 5) is 4.25. The third kappa shape index (κ3) is 3.13. The maximum atomic E-state index is 13.1. The summed E-state index contributed by atoms with van der Waals surface area (Å²) in [5.41, 5.74) is 1.41. The molecule has 0 fully saturated rings. The second-order valence-corrected chi connectivity index (χ2v) is 7.13. The minimum Gasteiger partial charge on any atom is -0.278 e. The molecule has 23 heavy (non-hydrogen) atoms. The van der Waals surface area contributed by atoms with Gasteiger partial charge in [0.05, 0.1) is 16.2 Å². The van der Waals surface area contributed by atoms with E-state index in [0.717, 1.165) is 23.1 Å². The van der Waals surface area contributed by atoms with Gasteiger partial charge in [0.15, 0.2) is 0 Å². The van der Waals surface area contributed by atoms with Gasteiger partial charge in [0.1, 0.15) is 10.7 Å². The molecule has 1 heterocycles. The molecule has 0 atom stereocenters. The van der Waals surface area contributed by atoms with Gasteiger partial charge >= 0.3 is 0 Å². The van der Waals surface area contributed by atoms with Crippen LogP contribution in [0.25, 0.3) is 10.9 Å². The number of anilines is 1. The predicted octanol–water partition coefficient (Wildman–Crippen LogP) is 4.14. The molecule has 0 saturated heterocycles. The van der Waals surface area contributed by atoms with Gasteiger partial charge in [-0.1, -0.05) is 23.7 Å². The average Bonchev–Trinajstić information content (AvgIpc) is 2.49. The molecule has 0 spiro atoms. The van der Waals surface area contributed by atoms with Gasteiger partial charge in [-0.2, -0.15) is 0 Å². The van der Waals surface area contributed by atoms with Crippen molar-refractivity contribution in [3.8, 4) is 0 Å². The number of pyridine rings is 1. The number of hydrogen-bond donors (Lipinski definition) is 1. The van der Waals surface area contributed by atoms with E-state index in [4.69, 9.17) is 11.6 Å². The molecule has 2 aromatic carbocycles. The van der Waals surface area contributed by atoms with Gasteiger partial charge in [0.2, 0.25) is 0 Å². The fourth-order valence-corrected chi connectivity index (χ4v) is 3.76. The fraction of sp³-hybridized carbons (Fsp3) is 0.0625. The predicted molar refractivity (Wildman–Crippen MR) is 88.7 cm³/mol. The van der Waals surface area contributed by atoms with Gasteiger partial charge in [-0.3, -0.25) is 9.71 Å². The lowest BCUT2D eigenvalue weighted by Gasteiger charge is -2.11. The fourth-order valence-electron chi connectivity index (χ4n) is 2.23. The summed E-state index contributed by atoms with van der Waals surface area (Å²) in [7, 11) is -3.91. The SMILES string of the molecule is Cc1cnc2c(S(=O)(=O)Nc3ccc(F)cc3Cl)cccc2c1. The van der Waals surface area contributed by atoms with E-state index in [1.807, 2.05) is 13.0 Å². The maximum absolute atomic E-state index is 13.1. The number of rotatable bonds is 3. The van der Waals surface area contributed by atoms with Crippen LogP contribution >= 0.6 is 11.6 Å². The topological polar surface area (TPSA) is 59.1 Å². The number of nitrogens with one attached hydrogen (secondary N) is 1. The van der Waals surface area contributed by atoms with Crippen LogP contribution in [-0.4, -0.2) is 13.4 Å². The number of nitrogens with zero attached hydrogens (tertiary/aromatic N) is 1. The third-order valence-corrected chi connectivity index (χ3v) is 4.99. The van der Waals surface area contributed by atoms with Crippen molar-refractivity contribution in [2.24, 2.45) is 0 Å². The van der Waals surface area contributed by atoms with Crippen molar-refractivity contribution < 1.29 is 12.8 Å². The summed E-state index contributed by atoms with van der Waals surface area (Å²) in [5.74, 6) is -0.541. The Morgan fingerprint density at radius 3 is 2.70 bits per heavy atom. The number of hydrogen-bond acceptors (Lipinski definition) is 3. The van der Waals surface area contributed by atoms with Crippen LogP contribution in [0.15, 0.2) is 53.6 Å². The van der Waals surface area contributed by atoms with Gasteiger partial charge in [-0.15, -0.1) is 0 Å². The molecule has 0 aliphatic rings. The highest BCUT2D eigenvalue weighted by atomic mass is 35.5. The largest absolute Gasteiger partial charge is 0.278 e. The standard InChI is InChI=1S/C16H12ClFN2O2S/c1-10-7-11-3-2-4-15(16(11)19-9-10)23(21,22)20-14-6-5-12(18)8-13(14)17/h2-9,20H,1H3. The maximum Gasteiger partial charge on any atom is 0.264 e. The number of aryl methyl sites for hydroxylation is 1. The van der Waals surface area contributed by atoms with E-state index in [1.165, 1.54) is 12.1 Å². The second kappa shape index (κ2) is 5.79. The van der Waals surface area contributed by atoms with E-state index in [1.54, 1.807) is 18.3 Å². The average molecular weight is 351 g/mol. The normalized spacial score (nSPS) is 11.6. The van der Waals surface area contributed by atoms with Gasteiger partial charge in [0.25, 0.3) is 10.0 Å². The summed E-state index contributed by atoms with van der Waals surface area (Å²) in [6, 6.07) is 10.2. The number of benzene rings is 2. The Hall–Kier alpha value is -2.18. The Labute approximate surface area is 138 Å². The first kappa shape index (κ1) is 15.7. The highest BCUT2D eigenvalue weighted by Gasteiger charge is 2.19. The lowest BCUT2D eigenvalue weighted by Crippen LogP contribution is -2.14. The smallest absolute Gasteiger partial charge is 0.264 e. The molecule has 0 bridgehead atoms. The monoisotopic (exact) mass is 350 g/mol. The van der Waals surface area contributed by atoms with Crippen molar-refractivity contribution >= 4 is 38.2 Å². The van der Waals surface area contributed by atoms with E-state index < -0.39 is 15.8 Å². The minimum atomic E-state index is -3.91. The van der Waals surface area contributed by atoms with Crippen LogP contribution in [0.3, 0.4) is 0 Å². The molecular weight excluding hydrogens is 339 g/mol. The minimum absolute atomic E-state index is 0.0161. The second-order valence-electron chi connectivity index (χ2n) is 5.07. The Kier molecular flexibility index (Phi) is 3.95. The summed E-state index contributed by atoms with van der Waals surface area (Å²) < 4.78 is 40.7. The molecule has 0 radical (unpaired) electrons. The molecule has 0 amide bonds. The Morgan fingerprint density at radius 2 is 1.96 bits per heavy atom. The number of fused-ring (bicyclic) bond motifs is 1. The van der Waals surface area contributed by atoms with E-state index >= 15 is 0 Å². The lowest BCUT2D eigenvalue weighted by molar-refractivity contribution is 0.601. The van der Waals surface area contributed by atoms with Crippen molar-refractivity contribution in [1.82, 2.24) is 4.98 Å². The molecule has 3 rings (SSSR count). The molecule has 118 valence electrons. The molecule has 0 aliphatic carbocycles. The third-order valence-electron chi connectivity index (χ3n) is 3.28. The summed E-state index contributed by atoms with van der Waals surface area (Å²) >= 11 is 5.88.